The smallest absolute Gasteiger partial charge is 0.219 e. The quantitative estimate of drug-likeness (QED) is 0.396. The van der Waals surface area contributed by atoms with Crippen molar-refractivity contribution in [3.8, 4) is 11.3 Å². The number of aryl methyl sites for hydroxylation is 1. The molecule has 0 aliphatic carbocycles. The van der Waals surface area contributed by atoms with E-state index in [2.05, 4.69) is 27.8 Å². The van der Waals surface area contributed by atoms with Crippen LogP contribution < -0.4 is 10.6 Å². The highest BCUT2D eigenvalue weighted by Gasteiger charge is 2.24. The summed E-state index contributed by atoms with van der Waals surface area (Å²) >= 11 is 0. The minimum absolute atomic E-state index is 0.135. The maximum atomic E-state index is 13.8. The van der Waals surface area contributed by atoms with E-state index in [-0.39, 0.29) is 5.91 Å². The number of carbonyl (C=O) groups is 2. The molecule has 0 bridgehead atoms. The molecule has 2 aromatic heterocycles. The van der Waals surface area contributed by atoms with Gasteiger partial charge in [0.15, 0.2) is 0 Å². The van der Waals surface area contributed by atoms with E-state index in [1.165, 1.54) is 11.8 Å². The van der Waals surface area contributed by atoms with Crippen LogP contribution in [0.5, 0.6) is 0 Å². The number of pyridine rings is 2. The zero-order valence-corrected chi connectivity index (χ0v) is 20.3. The first kappa shape index (κ1) is 23.7. The third-order valence-corrected chi connectivity index (χ3v) is 6.97. The number of nitrogens with zero attached hydrogens (tertiary/aromatic N) is 3. The number of benzene rings is 1. The van der Waals surface area contributed by atoms with E-state index in [0.29, 0.717) is 28.6 Å². The number of hydrogen-bond acceptors (Lipinski definition) is 6. The molecular formula is C28H28FN5O2. The van der Waals surface area contributed by atoms with Gasteiger partial charge in [0.05, 0.1) is 5.69 Å². The van der Waals surface area contributed by atoms with Crippen LogP contribution in [0.25, 0.3) is 17.3 Å². The standard InChI is InChI=1S/C28H28FN5O2/c1-17-13-22(15-31-27(17)29)24-14-21-7-10-30-25(16-35)26(21)28(33-24)32-23-5-3-19(4-6-23)20-8-11-34(12-9-20)18(2)36/h3-7,10,13-16,20,25,30H,8-9,11-12H2,1-2H3,(H,32,33). The fourth-order valence-electron chi connectivity index (χ4n) is 4.92. The van der Waals surface area contributed by atoms with Gasteiger partial charge in [-0.1, -0.05) is 12.1 Å². The fourth-order valence-corrected chi connectivity index (χ4v) is 4.92. The lowest BCUT2D eigenvalue weighted by molar-refractivity contribution is -0.129. The number of carbonyl (C=O) groups excluding carboxylic acids is 2. The number of piperidine rings is 1. The Morgan fingerprint density at radius 3 is 2.61 bits per heavy atom. The number of hydrogen-bond donors (Lipinski definition) is 2. The van der Waals surface area contributed by atoms with Crippen molar-refractivity contribution in [2.24, 2.45) is 0 Å². The van der Waals surface area contributed by atoms with Gasteiger partial charge in [-0.3, -0.25) is 4.79 Å². The van der Waals surface area contributed by atoms with E-state index in [1.54, 1.807) is 26.1 Å². The predicted molar refractivity (Wildman–Crippen MR) is 137 cm³/mol. The Balaban J connectivity index is 1.44. The van der Waals surface area contributed by atoms with Crippen molar-refractivity contribution in [2.45, 2.75) is 38.6 Å². The van der Waals surface area contributed by atoms with Crippen LogP contribution in [0.4, 0.5) is 15.9 Å². The minimum atomic E-state index is -0.534. The summed E-state index contributed by atoms with van der Waals surface area (Å²) in [7, 11) is 0. The first-order chi connectivity index (χ1) is 17.4. The van der Waals surface area contributed by atoms with E-state index >= 15 is 0 Å². The molecule has 0 radical (unpaired) electrons. The molecule has 2 N–H and O–H groups in total. The van der Waals surface area contributed by atoms with Crippen molar-refractivity contribution in [1.82, 2.24) is 20.2 Å². The third-order valence-electron chi connectivity index (χ3n) is 6.97. The zero-order valence-electron chi connectivity index (χ0n) is 20.3. The van der Waals surface area contributed by atoms with Crippen LogP contribution in [0.15, 0.2) is 48.8 Å². The molecule has 1 saturated heterocycles. The Hall–Kier alpha value is -4.07. The lowest BCUT2D eigenvalue weighted by atomic mass is 9.89. The molecular weight excluding hydrogens is 457 g/mol. The van der Waals surface area contributed by atoms with Crippen LogP contribution >= 0.6 is 0 Å². The maximum absolute atomic E-state index is 13.8. The van der Waals surface area contributed by atoms with Crippen LogP contribution in [-0.4, -0.2) is 40.2 Å². The number of fused-ring (bicyclic) bond motifs is 1. The van der Waals surface area contributed by atoms with Crippen molar-refractivity contribution < 1.29 is 14.0 Å². The molecule has 184 valence electrons. The van der Waals surface area contributed by atoms with Gasteiger partial charge in [-0.2, -0.15) is 4.39 Å². The van der Waals surface area contributed by atoms with Gasteiger partial charge in [-0.05, 0) is 73.4 Å². The Bertz CT molecular complexity index is 1330. The second-order valence-electron chi connectivity index (χ2n) is 9.33. The molecule has 1 amide bonds. The largest absolute Gasteiger partial charge is 0.378 e. The highest BCUT2D eigenvalue weighted by Crippen LogP contribution is 2.35. The number of rotatable bonds is 5. The Labute approximate surface area is 209 Å². The van der Waals surface area contributed by atoms with Crippen molar-refractivity contribution >= 4 is 29.8 Å². The van der Waals surface area contributed by atoms with Gasteiger partial charge >= 0.3 is 0 Å². The Kier molecular flexibility index (Phi) is 6.50. The molecule has 0 saturated carbocycles. The van der Waals surface area contributed by atoms with E-state index in [1.807, 2.05) is 29.2 Å². The lowest BCUT2D eigenvalue weighted by Crippen LogP contribution is -2.36. The molecule has 8 heteroatoms. The molecule has 4 heterocycles. The normalized spacial score (nSPS) is 17.3. The van der Waals surface area contributed by atoms with Crippen LogP contribution in [0.3, 0.4) is 0 Å². The number of nitrogens with one attached hydrogen (secondary N) is 2. The predicted octanol–water partition coefficient (Wildman–Crippen LogP) is 4.87. The zero-order chi connectivity index (χ0) is 25.2. The number of aromatic nitrogens is 2. The van der Waals surface area contributed by atoms with Crippen LogP contribution in [0.1, 0.15) is 54.0 Å². The molecule has 3 aromatic rings. The Morgan fingerprint density at radius 2 is 1.94 bits per heavy atom. The summed E-state index contributed by atoms with van der Waals surface area (Å²) in [4.78, 5) is 34.0. The van der Waals surface area contributed by atoms with Crippen molar-refractivity contribution in [1.29, 1.82) is 0 Å². The van der Waals surface area contributed by atoms with E-state index < -0.39 is 12.0 Å². The van der Waals surface area contributed by atoms with Crippen LogP contribution in [0.2, 0.25) is 0 Å². The van der Waals surface area contributed by atoms with Gasteiger partial charge in [0.1, 0.15) is 18.1 Å². The fraction of sp³-hybridized carbons (Fsp3) is 0.286. The van der Waals surface area contributed by atoms with Gasteiger partial charge in [-0.25, -0.2) is 9.97 Å². The van der Waals surface area contributed by atoms with Gasteiger partial charge in [0.25, 0.3) is 0 Å². The van der Waals surface area contributed by atoms with Gasteiger partial charge in [0, 0.05) is 48.6 Å². The highest BCUT2D eigenvalue weighted by molar-refractivity contribution is 5.80. The summed E-state index contributed by atoms with van der Waals surface area (Å²) in [5.74, 6) is 0.607. The average Bonchev–Trinajstić information content (AvgIpc) is 2.90. The van der Waals surface area contributed by atoms with Gasteiger partial charge in [-0.15, -0.1) is 0 Å². The monoisotopic (exact) mass is 485 g/mol. The maximum Gasteiger partial charge on any atom is 0.219 e. The number of amides is 1. The molecule has 2 aliphatic rings. The summed E-state index contributed by atoms with van der Waals surface area (Å²) in [5.41, 5.74) is 5.47. The summed E-state index contributed by atoms with van der Waals surface area (Å²) in [5, 5.41) is 6.47. The topological polar surface area (TPSA) is 87.2 Å². The molecule has 1 aromatic carbocycles. The molecule has 36 heavy (non-hydrogen) atoms. The third kappa shape index (κ3) is 4.71. The first-order valence-electron chi connectivity index (χ1n) is 12.1. The molecule has 5 rings (SSSR count). The van der Waals surface area contributed by atoms with Crippen LogP contribution in [-0.2, 0) is 9.59 Å². The molecule has 1 unspecified atom stereocenters. The Morgan fingerprint density at radius 1 is 1.19 bits per heavy atom. The minimum Gasteiger partial charge on any atom is -0.378 e. The second-order valence-corrected chi connectivity index (χ2v) is 9.33. The molecule has 1 atom stereocenters. The number of aldehydes is 1. The van der Waals surface area contributed by atoms with Gasteiger partial charge in [0.2, 0.25) is 11.9 Å². The molecule has 7 nitrogen and oxygen atoms in total. The van der Waals surface area contributed by atoms with Gasteiger partial charge < -0.3 is 20.3 Å². The molecule has 1 fully saturated rings. The lowest BCUT2D eigenvalue weighted by Gasteiger charge is -2.31. The van der Waals surface area contributed by atoms with E-state index in [0.717, 1.165) is 49.0 Å². The van der Waals surface area contributed by atoms with Crippen molar-refractivity contribution in [2.75, 3.05) is 18.4 Å². The number of anilines is 2. The summed E-state index contributed by atoms with van der Waals surface area (Å²) < 4.78 is 13.8. The van der Waals surface area contributed by atoms with Crippen molar-refractivity contribution in [3.05, 3.63) is 77.0 Å². The second kappa shape index (κ2) is 9.89. The molecule has 2 aliphatic heterocycles. The average molecular weight is 486 g/mol. The SMILES string of the molecule is CC(=O)N1CCC(c2ccc(Nc3nc(-c4cnc(F)c(C)c4)cc4c3C(C=O)NC=C4)cc2)CC1. The summed E-state index contributed by atoms with van der Waals surface area (Å²) in [6.07, 6.45) is 7.87. The molecule has 0 spiro atoms. The highest BCUT2D eigenvalue weighted by atomic mass is 19.1. The van der Waals surface area contributed by atoms with Crippen LogP contribution in [0, 0.1) is 12.9 Å². The first-order valence-corrected chi connectivity index (χ1v) is 12.1. The van der Waals surface area contributed by atoms with E-state index in [9.17, 15) is 14.0 Å². The van der Waals surface area contributed by atoms with E-state index in [4.69, 9.17) is 4.98 Å². The summed E-state index contributed by atoms with van der Waals surface area (Å²) in [6, 6.07) is 11.3. The number of likely N-dealkylation sites (tertiary alicyclic amines) is 1. The van der Waals surface area contributed by atoms with Crippen molar-refractivity contribution in [3.63, 3.8) is 0 Å². The summed E-state index contributed by atoms with van der Waals surface area (Å²) in [6.45, 7) is 4.86. The number of halogens is 1.